The van der Waals surface area contributed by atoms with Crippen LogP contribution in [0, 0.1) is 0 Å². The van der Waals surface area contributed by atoms with Crippen molar-refractivity contribution < 1.29 is 4.74 Å². The summed E-state index contributed by atoms with van der Waals surface area (Å²) in [5.74, 6) is 0. The monoisotopic (exact) mass is 214 g/mol. The Morgan fingerprint density at radius 3 is 2.93 bits per heavy atom. The summed E-state index contributed by atoms with van der Waals surface area (Å²) in [6.07, 6.45) is 0. The summed E-state index contributed by atoms with van der Waals surface area (Å²) in [7, 11) is 3.80. The van der Waals surface area contributed by atoms with Crippen LogP contribution < -0.4 is 5.73 Å². The fourth-order valence-corrected chi connectivity index (χ4v) is 2.29. The summed E-state index contributed by atoms with van der Waals surface area (Å²) in [6, 6.07) is 4.52. The maximum absolute atomic E-state index is 5.76. The summed E-state index contributed by atoms with van der Waals surface area (Å²) in [5.41, 5.74) is 5.76. The molecule has 1 aromatic heterocycles. The molecule has 14 heavy (non-hydrogen) atoms. The van der Waals surface area contributed by atoms with Gasteiger partial charge in [-0.2, -0.15) is 0 Å². The molecule has 2 N–H and O–H groups in total. The normalized spacial score (nSPS) is 13.4. The van der Waals surface area contributed by atoms with Crippen molar-refractivity contribution in [2.24, 2.45) is 5.73 Å². The number of likely N-dealkylation sites (N-methyl/N-ethyl adjacent to an activating group) is 1. The Labute approximate surface area is 89.5 Å². The van der Waals surface area contributed by atoms with Gasteiger partial charge in [0.1, 0.15) is 0 Å². The molecule has 0 fully saturated rings. The van der Waals surface area contributed by atoms with E-state index < -0.39 is 0 Å². The van der Waals surface area contributed by atoms with E-state index >= 15 is 0 Å². The lowest BCUT2D eigenvalue weighted by Gasteiger charge is -2.25. The highest BCUT2D eigenvalue weighted by molar-refractivity contribution is 7.10. The Balaban J connectivity index is 2.53. The van der Waals surface area contributed by atoms with Crippen LogP contribution in [0.2, 0.25) is 0 Å². The maximum Gasteiger partial charge on any atom is 0.0589 e. The molecule has 0 aromatic carbocycles. The zero-order chi connectivity index (χ0) is 10.4. The number of hydrogen-bond acceptors (Lipinski definition) is 4. The summed E-state index contributed by atoms with van der Waals surface area (Å²) in [6.45, 7) is 2.31. The molecule has 1 heterocycles. The molecule has 1 aromatic rings. The van der Waals surface area contributed by atoms with Crippen LogP contribution in [0.3, 0.4) is 0 Å². The predicted octanol–water partition coefficient (Wildman–Crippen LogP) is 1.33. The standard InChI is InChI=1S/C10H18N2OS/c1-12(5-6-13-2)9(8-11)10-4-3-7-14-10/h3-4,7,9H,5-6,8,11H2,1-2H3. The van der Waals surface area contributed by atoms with Gasteiger partial charge < -0.3 is 10.5 Å². The van der Waals surface area contributed by atoms with Crippen molar-refractivity contribution in [1.29, 1.82) is 0 Å². The fourth-order valence-electron chi connectivity index (χ4n) is 1.39. The minimum Gasteiger partial charge on any atom is -0.383 e. The van der Waals surface area contributed by atoms with Crippen molar-refractivity contribution >= 4 is 11.3 Å². The van der Waals surface area contributed by atoms with Gasteiger partial charge in [-0.15, -0.1) is 11.3 Å². The highest BCUT2D eigenvalue weighted by atomic mass is 32.1. The molecular formula is C10H18N2OS. The van der Waals surface area contributed by atoms with Crippen molar-refractivity contribution in [2.75, 3.05) is 33.9 Å². The number of nitrogens with two attached hydrogens (primary N) is 1. The number of nitrogens with zero attached hydrogens (tertiary/aromatic N) is 1. The lowest BCUT2D eigenvalue weighted by molar-refractivity contribution is 0.141. The first-order chi connectivity index (χ1) is 6.79. The molecule has 0 spiro atoms. The van der Waals surface area contributed by atoms with Crippen LogP contribution in [-0.4, -0.2) is 38.8 Å². The molecule has 0 radical (unpaired) electrons. The lowest BCUT2D eigenvalue weighted by Crippen LogP contribution is -2.32. The van der Waals surface area contributed by atoms with Crippen molar-refractivity contribution in [3.63, 3.8) is 0 Å². The van der Waals surface area contributed by atoms with Crippen molar-refractivity contribution in [3.8, 4) is 0 Å². The van der Waals surface area contributed by atoms with Gasteiger partial charge in [-0.3, -0.25) is 4.90 Å². The highest BCUT2D eigenvalue weighted by Crippen LogP contribution is 2.22. The lowest BCUT2D eigenvalue weighted by atomic mass is 10.2. The molecule has 1 rings (SSSR count). The van der Waals surface area contributed by atoms with Gasteiger partial charge in [-0.1, -0.05) is 6.07 Å². The van der Waals surface area contributed by atoms with Gasteiger partial charge in [-0.25, -0.2) is 0 Å². The first kappa shape index (κ1) is 11.7. The zero-order valence-electron chi connectivity index (χ0n) is 8.77. The van der Waals surface area contributed by atoms with Gasteiger partial charge in [0.05, 0.1) is 12.6 Å². The molecule has 0 bridgehead atoms. The van der Waals surface area contributed by atoms with E-state index in [1.807, 2.05) is 0 Å². The molecule has 3 nitrogen and oxygen atoms in total. The topological polar surface area (TPSA) is 38.5 Å². The molecule has 80 valence electrons. The second kappa shape index (κ2) is 6.14. The first-order valence-electron chi connectivity index (χ1n) is 4.72. The van der Waals surface area contributed by atoms with Crippen LogP contribution >= 0.6 is 11.3 Å². The van der Waals surface area contributed by atoms with Gasteiger partial charge >= 0.3 is 0 Å². The zero-order valence-corrected chi connectivity index (χ0v) is 9.59. The van der Waals surface area contributed by atoms with Crippen LogP contribution in [0.1, 0.15) is 10.9 Å². The molecule has 0 aliphatic carbocycles. The number of thiophene rings is 1. The van der Waals surface area contributed by atoms with Crippen LogP contribution in [0.15, 0.2) is 17.5 Å². The average Bonchev–Trinajstić information content (AvgIpc) is 2.69. The van der Waals surface area contributed by atoms with Gasteiger partial charge in [0.2, 0.25) is 0 Å². The minimum absolute atomic E-state index is 0.324. The molecule has 0 aliphatic heterocycles. The van der Waals surface area contributed by atoms with Crippen LogP contribution in [0.5, 0.6) is 0 Å². The smallest absolute Gasteiger partial charge is 0.0589 e. The van der Waals surface area contributed by atoms with E-state index in [2.05, 4.69) is 29.5 Å². The number of methoxy groups -OCH3 is 1. The Morgan fingerprint density at radius 1 is 1.64 bits per heavy atom. The Hall–Kier alpha value is -0.420. The average molecular weight is 214 g/mol. The predicted molar refractivity (Wildman–Crippen MR) is 60.6 cm³/mol. The summed E-state index contributed by atoms with van der Waals surface area (Å²) in [5, 5.41) is 2.09. The van der Waals surface area contributed by atoms with E-state index in [9.17, 15) is 0 Å². The SMILES string of the molecule is COCCN(C)C(CN)c1cccs1. The Morgan fingerprint density at radius 2 is 2.43 bits per heavy atom. The third-order valence-electron chi connectivity index (χ3n) is 2.28. The third-order valence-corrected chi connectivity index (χ3v) is 3.25. The van der Waals surface area contributed by atoms with E-state index in [4.69, 9.17) is 10.5 Å². The first-order valence-corrected chi connectivity index (χ1v) is 5.60. The van der Waals surface area contributed by atoms with E-state index in [-0.39, 0.29) is 0 Å². The van der Waals surface area contributed by atoms with Crippen LogP contribution in [0.4, 0.5) is 0 Å². The van der Waals surface area contributed by atoms with E-state index in [0.717, 1.165) is 13.2 Å². The molecule has 1 atom stereocenters. The summed E-state index contributed by atoms with van der Waals surface area (Å²) >= 11 is 1.75. The quantitative estimate of drug-likeness (QED) is 0.776. The third kappa shape index (κ3) is 3.06. The minimum atomic E-state index is 0.324. The second-order valence-electron chi connectivity index (χ2n) is 3.24. The molecule has 0 amide bonds. The van der Waals surface area contributed by atoms with Gasteiger partial charge in [0, 0.05) is 25.1 Å². The van der Waals surface area contributed by atoms with Gasteiger partial charge in [0.25, 0.3) is 0 Å². The van der Waals surface area contributed by atoms with E-state index in [1.165, 1.54) is 4.88 Å². The maximum atomic E-state index is 5.76. The molecule has 4 heteroatoms. The summed E-state index contributed by atoms with van der Waals surface area (Å²) < 4.78 is 5.05. The largest absolute Gasteiger partial charge is 0.383 e. The van der Waals surface area contributed by atoms with Gasteiger partial charge in [-0.05, 0) is 18.5 Å². The molecule has 0 aliphatic rings. The van der Waals surface area contributed by atoms with Crippen LogP contribution in [-0.2, 0) is 4.74 Å². The molecule has 1 unspecified atom stereocenters. The van der Waals surface area contributed by atoms with Crippen molar-refractivity contribution in [1.82, 2.24) is 4.90 Å². The van der Waals surface area contributed by atoms with Crippen molar-refractivity contribution in [3.05, 3.63) is 22.4 Å². The Bertz CT molecular complexity index is 238. The number of rotatable bonds is 6. The van der Waals surface area contributed by atoms with E-state index in [0.29, 0.717) is 12.6 Å². The highest BCUT2D eigenvalue weighted by Gasteiger charge is 2.15. The summed E-state index contributed by atoms with van der Waals surface area (Å²) in [4.78, 5) is 3.56. The number of ether oxygens (including phenoxy) is 1. The van der Waals surface area contributed by atoms with Gasteiger partial charge in [0.15, 0.2) is 0 Å². The molecule has 0 saturated heterocycles. The Kier molecular flexibility index (Phi) is 5.11. The second-order valence-corrected chi connectivity index (χ2v) is 4.22. The van der Waals surface area contributed by atoms with Crippen molar-refractivity contribution in [2.45, 2.75) is 6.04 Å². The number of hydrogen-bond donors (Lipinski definition) is 1. The van der Waals surface area contributed by atoms with Crippen LogP contribution in [0.25, 0.3) is 0 Å². The fraction of sp³-hybridized carbons (Fsp3) is 0.600. The van der Waals surface area contributed by atoms with E-state index in [1.54, 1.807) is 18.4 Å². The molecule has 0 saturated carbocycles. The molecular weight excluding hydrogens is 196 g/mol.